The fraction of sp³-hybridized carbons (Fsp3) is 0.182. The molecule has 0 fully saturated rings. The molecule has 1 amide bonds. The first-order valence-corrected chi connectivity index (χ1v) is 12.6. The zero-order chi connectivity index (χ0) is 23.9. The third kappa shape index (κ3) is 4.16. The first-order valence-electron chi connectivity index (χ1n) is 9.77. The Bertz CT molecular complexity index is 1400. The second-order valence-electron chi connectivity index (χ2n) is 7.50. The van der Waals surface area contributed by atoms with Gasteiger partial charge in [-0.15, -0.1) is 0 Å². The number of benzene rings is 2. The maximum atomic E-state index is 13.7. The molecule has 0 N–H and O–H groups in total. The van der Waals surface area contributed by atoms with Gasteiger partial charge in [0.2, 0.25) is 10.0 Å². The molecule has 0 aliphatic carbocycles. The van der Waals surface area contributed by atoms with Gasteiger partial charge in [-0.3, -0.25) is 14.1 Å². The van der Waals surface area contributed by atoms with E-state index in [1.165, 1.54) is 24.2 Å². The van der Waals surface area contributed by atoms with Gasteiger partial charge in [-0.2, -0.15) is 0 Å². The van der Waals surface area contributed by atoms with E-state index in [4.69, 9.17) is 4.52 Å². The Kier molecular flexibility index (Phi) is 6.07. The van der Waals surface area contributed by atoms with Gasteiger partial charge in [0.15, 0.2) is 17.4 Å². The van der Waals surface area contributed by atoms with Gasteiger partial charge in [0, 0.05) is 37.3 Å². The highest BCUT2D eigenvalue weighted by Gasteiger charge is 2.37. The van der Waals surface area contributed by atoms with Crippen LogP contribution in [0.3, 0.4) is 0 Å². The molecule has 33 heavy (non-hydrogen) atoms. The van der Waals surface area contributed by atoms with Crippen LogP contribution >= 0.6 is 8.81 Å². The monoisotopic (exact) mass is 491 g/mol. The maximum absolute atomic E-state index is 13.7. The van der Waals surface area contributed by atoms with Crippen molar-refractivity contribution in [1.29, 1.82) is 0 Å². The molecule has 0 saturated carbocycles. The van der Waals surface area contributed by atoms with E-state index in [-0.39, 0.29) is 33.2 Å². The van der Waals surface area contributed by atoms with Crippen molar-refractivity contribution in [1.82, 2.24) is 9.88 Å². The van der Waals surface area contributed by atoms with E-state index >= 15 is 0 Å². The second-order valence-corrected chi connectivity index (χ2v) is 10.4. The van der Waals surface area contributed by atoms with E-state index in [2.05, 4.69) is 11.6 Å². The maximum Gasteiger partial charge on any atom is 0.258 e. The van der Waals surface area contributed by atoms with Crippen molar-refractivity contribution in [3.05, 3.63) is 77.2 Å². The van der Waals surface area contributed by atoms with Gasteiger partial charge in [0.05, 0.1) is 26.3 Å². The van der Waals surface area contributed by atoms with E-state index in [0.29, 0.717) is 27.7 Å². The first kappa shape index (κ1) is 23.1. The van der Waals surface area contributed by atoms with Crippen LogP contribution in [0.25, 0.3) is 10.9 Å². The molecule has 11 heteroatoms. The van der Waals surface area contributed by atoms with Crippen molar-refractivity contribution in [3.63, 3.8) is 0 Å². The number of anilines is 1. The Labute approximate surface area is 191 Å². The Morgan fingerprint density at radius 1 is 1.30 bits per heavy atom. The molecule has 0 saturated heterocycles. The van der Waals surface area contributed by atoms with Crippen LogP contribution in [0.2, 0.25) is 0 Å². The molecule has 1 atom stereocenters. The molecule has 0 bridgehead atoms. The van der Waals surface area contributed by atoms with Crippen molar-refractivity contribution in [2.75, 3.05) is 17.6 Å². The first-order chi connectivity index (χ1) is 15.6. The smallest absolute Gasteiger partial charge is 0.258 e. The highest BCUT2D eigenvalue weighted by Crippen LogP contribution is 2.46. The minimum absolute atomic E-state index is 0.000297. The summed E-state index contributed by atoms with van der Waals surface area (Å²) in [6, 6.07) is 6.81. The molecule has 2 aromatic carbocycles. The molecule has 4 rings (SSSR count). The molecule has 1 aromatic heterocycles. The van der Waals surface area contributed by atoms with Crippen LogP contribution in [0.5, 0.6) is 5.75 Å². The van der Waals surface area contributed by atoms with Crippen molar-refractivity contribution in [2.24, 2.45) is 0 Å². The summed E-state index contributed by atoms with van der Waals surface area (Å²) in [4.78, 5) is 19.3. The lowest BCUT2D eigenvalue weighted by Gasteiger charge is -2.23. The van der Waals surface area contributed by atoms with Gasteiger partial charge in [-0.25, -0.2) is 17.2 Å². The average Bonchev–Trinajstić information content (AvgIpc) is 3.08. The molecule has 7 nitrogen and oxygen atoms in total. The van der Waals surface area contributed by atoms with Crippen molar-refractivity contribution in [2.45, 2.75) is 13.1 Å². The topological polar surface area (TPSA) is 79.8 Å². The Morgan fingerprint density at radius 2 is 2.06 bits per heavy atom. The van der Waals surface area contributed by atoms with Crippen LogP contribution in [0, 0.1) is 11.6 Å². The fourth-order valence-electron chi connectivity index (χ4n) is 3.83. The lowest BCUT2D eigenvalue weighted by Crippen LogP contribution is -2.26. The van der Waals surface area contributed by atoms with Gasteiger partial charge >= 0.3 is 0 Å². The van der Waals surface area contributed by atoms with Crippen LogP contribution in [-0.4, -0.2) is 37.5 Å². The number of hydrogen-bond acceptors (Lipinski definition) is 5. The third-order valence-corrected chi connectivity index (χ3v) is 7.02. The molecule has 1 aliphatic rings. The normalized spacial score (nSPS) is 13.7. The third-order valence-electron chi connectivity index (χ3n) is 5.36. The number of pyridine rings is 1. The number of rotatable bonds is 7. The van der Waals surface area contributed by atoms with E-state index in [1.54, 1.807) is 17.9 Å². The molecule has 3 aromatic rings. The molecule has 1 unspecified atom stereocenters. The minimum atomic E-state index is -3.67. The van der Waals surface area contributed by atoms with Crippen molar-refractivity contribution >= 4 is 41.3 Å². The van der Waals surface area contributed by atoms with Gasteiger partial charge in [0.25, 0.3) is 5.91 Å². The molecule has 172 valence electrons. The van der Waals surface area contributed by atoms with Crippen LogP contribution < -0.4 is 8.83 Å². The molecular weight excluding hydrogens is 471 g/mol. The zero-order valence-electron chi connectivity index (χ0n) is 17.8. The van der Waals surface area contributed by atoms with Crippen LogP contribution in [0.15, 0.2) is 48.9 Å². The predicted molar refractivity (Wildman–Crippen MR) is 124 cm³/mol. The fourth-order valence-corrected chi connectivity index (χ4v) is 4.77. The van der Waals surface area contributed by atoms with Crippen molar-refractivity contribution < 1.29 is 26.5 Å². The largest absolute Gasteiger partial charge is 0.470 e. The van der Waals surface area contributed by atoms with E-state index in [1.807, 2.05) is 0 Å². The Morgan fingerprint density at radius 3 is 2.73 bits per heavy atom. The summed E-state index contributed by atoms with van der Waals surface area (Å²) >= 11 is 0. The summed E-state index contributed by atoms with van der Waals surface area (Å²) < 4.78 is 58.9. The highest BCUT2D eigenvalue weighted by molar-refractivity contribution is 7.92. The number of hydrogen-bond donors (Lipinski definition) is 0. The number of aromatic nitrogens is 1. The van der Waals surface area contributed by atoms with Crippen LogP contribution in [0.4, 0.5) is 14.5 Å². The van der Waals surface area contributed by atoms with Gasteiger partial charge in [-0.1, -0.05) is 12.6 Å². The second kappa shape index (κ2) is 8.68. The Hall–Kier alpha value is -3.10. The summed E-state index contributed by atoms with van der Waals surface area (Å²) in [6.07, 6.45) is 2.60. The summed E-state index contributed by atoms with van der Waals surface area (Å²) in [6.45, 7) is 3.71. The van der Waals surface area contributed by atoms with Crippen molar-refractivity contribution in [3.8, 4) is 5.75 Å². The molecule has 0 spiro atoms. The average molecular weight is 491 g/mol. The number of amides is 1. The number of carbonyl (C=O) groups is 1. The van der Waals surface area contributed by atoms with Crippen LogP contribution in [0.1, 0.15) is 21.5 Å². The van der Waals surface area contributed by atoms with E-state index in [9.17, 15) is 22.0 Å². The lowest BCUT2D eigenvalue weighted by atomic mass is 10.0. The van der Waals surface area contributed by atoms with Crippen LogP contribution in [-0.2, 0) is 23.1 Å². The number of nitrogens with zero attached hydrogens (tertiary/aromatic N) is 3. The quantitative estimate of drug-likeness (QED) is 0.464. The number of fused-ring (bicyclic) bond motifs is 2. The SMILES string of the molecule is C=CPOc1c2c(c(N(C)S(C)(=O)=O)c3cccnc13)CN(Cc1ccc(F)c(F)c1)C2=O. The van der Waals surface area contributed by atoms with Gasteiger partial charge in [0.1, 0.15) is 5.52 Å². The summed E-state index contributed by atoms with van der Waals surface area (Å²) in [5.74, 6) is -0.627. The van der Waals surface area contributed by atoms with Gasteiger partial charge in [-0.05, 0) is 35.6 Å². The van der Waals surface area contributed by atoms with Gasteiger partial charge < -0.3 is 9.42 Å². The minimum Gasteiger partial charge on any atom is -0.470 e. The molecule has 0 radical (unpaired) electrons. The Balaban J connectivity index is 1.91. The predicted octanol–water partition coefficient (Wildman–Crippen LogP) is 4.18. The number of sulfonamides is 1. The van der Waals surface area contributed by atoms with E-state index < -0.39 is 27.6 Å². The number of carbonyl (C=O) groups excluding carboxylic acids is 1. The molecule has 1 aliphatic heterocycles. The lowest BCUT2D eigenvalue weighted by molar-refractivity contribution is 0.0765. The zero-order valence-corrected chi connectivity index (χ0v) is 19.6. The molecule has 2 heterocycles. The highest BCUT2D eigenvalue weighted by atomic mass is 32.2. The number of halogens is 2. The summed E-state index contributed by atoms with van der Waals surface area (Å²) in [5.41, 5.74) is 1.72. The van der Waals surface area contributed by atoms with E-state index in [0.717, 1.165) is 22.7 Å². The standard InChI is InChI=1S/C22H20F2N3O4PS/c1-4-32-31-21-18-15(12-27(22(18)28)11-13-7-8-16(23)17(24)10-13)20(26(2)33(3,29)30)14-6-5-9-25-19(14)21/h4-10,32H,1,11-12H2,2-3H3. The summed E-state index contributed by atoms with van der Waals surface area (Å²) in [5, 5.41) is 0.510. The summed E-state index contributed by atoms with van der Waals surface area (Å²) in [7, 11) is -2.42. The molecular formula is C22H20F2N3O4PS.